The van der Waals surface area contributed by atoms with E-state index in [9.17, 15) is 5.11 Å². The fourth-order valence-electron chi connectivity index (χ4n) is 1.74. The van der Waals surface area contributed by atoms with Crippen LogP contribution < -0.4 is 10.5 Å². The summed E-state index contributed by atoms with van der Waals surface area (Å²) in [6.45, 7) is 3.71. The number of azo groups is 1. The number of anilines is 1. The Morgan fingerprint density at radius 3 is 2.45 bits per heavy atom. The molecule has 0 bridgehead atoms. The molecule has 104 valence electrons. The lowest BCUT2D eigenvalue weighted by molar-refractivity contribution is 0.416. The molecular weight excluding hydrogens is 254 g/mol. The number of benzene rings is 2. The summed E-state index contributed by atoms with van der Waals surface area (Å²) in [6.07, 6.45) is 0. The van der Waals surface area contributed by atoms with Gasteiger partial charge in [0.1, 0.15) is 17.2 Å². The van der Waals surface area contributed by atoms with Crippen molar-refractivity contribution in [1.82, 2.24) is 0 Å². The fourth-order valence-corrected chi connectivity index (χ4v) is 1.74. The van der Waals surface area contributed by atoms with Crippen LogP contribution in [-0.4, -0.2) is 12.2 Å². The van der Waals surface area contributed by atoms with Crippen LogP contribution in [0.5, 0.6) is 11.5 Å². The van der Waals surface area contributed by atoms with Gasteiger partial charge in [0.15, 0.2) is 0 Å². The summed E-state index contributed by atoms with van der Waals surface area (Å²) >= 11 is 0. The van der Waals surface area contributed by atoms with E-state index >= 15 is 0 Å². The molecule has 0 atom stereocenters. The number of nitrogens with zero attached hydrogens (tertiary/aromatic N) is 2. The van der Waals surface area contributed by atoms with E-state index < -0.39 is 0 Å². The Hall–Kier alpha value is -2.56. The zero-order chi connectivity index (χ0) is 14.7. The van der Waals surface area contributed by atoms with Gasteiger partial charge >= 0.3 is 0 Å². The van der Waals surface area contributed by atoms with E-state index in [4.69, 9.17) is 10.5 Å². The SMILES string of the molecule is COc1cc(N)c(C)cc1N=Nc1ccc(O)c(C)c1. The highest BCUT2D eigenvalue weighted by molar-refractivity contribution is 5.63. The minimum atomic E-state index is 0.241. The third-order valence-corrected chi connectivity index (χ3v) is 3.02. The molecule has 0 aliphatic rings. The van der Waals surface area contributed by atoms with Gasteiger partial charge in [-0.1, -0.05) is 0 Å². The van der Waals surface area contributed by atoms with E-state index in [2.05, 4.69) is 10.2 Å². The van der Waals surface area contributed by atoms with Gasteiger partial charge in [0.2, 0.25) is 0 Å². The van der Waals surface area contributed by atoms with Gasteiger partial charge in [-0.15, -0.1) is 5.11 Å². The number of nitrogens with two attached hydrogens (primary N) is 1. The molecule has 2 aromatic carbocycles. The molecule has 0 fully saturated rings. The molecular formula is C15H17N3O2. The zero-order valence-corrected chi connectivity index (χ0v) is 11.7. The smallest absolute Gasteiger partial charge is 0.148 e. The van der Waals surface area contributed by atoms with Gasteiger partial charge < -0.3 is 15.6 Å². The van der Waals surface area contributed by atoms with Crippen molar-refractivity contribution in [1.29, 1.82) is 0 Å². The number of aryl methyl sites for hydroxylation is 2. The van der Waals surface area contributed by atoms with Crippen molar-refractivity contribution in [3.8, 4) is 11.5 Å². The van der Waals surface area contributed by atoms with Gasteiger partial charge in [-0.3, -0.25) is 0 Å². The van der Waals surface area contributed by atoms with Crippen LogP contribution in [0.2, 0.25) is 0 Å². The van der Waals surface area contributed by atoms with E-state index in [0.29, 0.717) is 22.8 Å². The number of phenolic OH excluding ortho intramolecular Hbond substituents is 1. The summed E-state index contributed by atoms with van der Waals surface area (Å²) in [6, 6.07) is 8.60. The molecule has 0 saturated carbocycles. The molecule has 0 aliphatic carbocycles. The van der Waals surface area contributed by atoms with Crippen LogP contribution in [0, 0.1) is 13.8 Å². The number of hydrogen-bond acceptors (Lipinski definition) is 5. The van der Waals surface area contributed by atoms with Crippen LogP contribution in [-0.2, 0) is 0 Å². The average molecular weight is 271 g/mol. The predicted octanol–water partition coefficient (Wildman–Crippen LogP) is 4.02. The Labute approximate surface area is 117 Å². The van der Waals surface area contributed by atoms with Gasteiger partial charge in [-0.05, 0) is 49.2 Å². The number of methoxy groups -OCH3 is 1. The highest BCUT2D eigenvalue weighted by Crippen LogP contribution is 2.33. The summed E-state index contributed by atoms with van der Waals surface area (Å²) in [4.78, 5) is 0. The van der Waals surface area contributed by atoms with Gasteiger partial charge in [0.05, 0.1) is 12.8 Å². The van der Waals surface area contributed by atoms with Crippen molar-refractivity contribution in [3.05, 3.63) is 41.5 Å². The van der Waals surface area contributed by atoms with E-state index in [-0.39, 0.29) is 5.75 Å². The molecule has 0 unspecified atom stereocenters. The van der Waals surface area contributed by atoms with Gasteiger partial charge in [-0.25, -0.2) is 0 Å². The number of rotatable bonds is 3. The maximum absolute atomic E-state index is 9.47. The largest absolute Gasteiger partial charge is 0.508 e. The number of ether oxygens (including phenoxy) is 1. The maximum Gasteiger partial charge on any atom is 0.148 e. The minimum absolute atomic E-state index is 0.241. The topological polar surface area (TPSA) is 80.2 Å². The van der Waals surface area contributed by atoms with Crippen molar-refractivity contribution in [3.63, 3.8) is 0 Å². The standard InChI is InChI=1S/C15H17N3O2/c1-9-7-13(15(20-3)8-12(9)16)18-17-11-4-5-14(19)10(2)6-11/h4-8,19H,16H2,1-3H3. The molecule has 0 spiro atoms. The van der Waals surface area contributed by atoms with Crippen LogP contribution in [0.15, 0.2) is 40.6 Å². The Kier molecular flexibility index (Phi) is 3.89. The summed E-state index contributed by atoms with van der Waals surface area (Å²) in [5, 5.41) is 17.8. The highest BCUT2D eigenvalue weighted by Gasteiger charge is 2.06. The average Bonchev–Trinajstić information content (AvgIpc) is 2.43. The van der Waals surface area contributed by atoms with Crippen LogP contribution in [0.1, 0.15) is 11.1 Å². The molecule has 0 saturated heterocycles. The monoisotopic (exact) mass is 271 g/mol. The molecule has 0 aliphatic heterocycles. The molecule has 3 N–H and O–H groups in total. The summed E-state index contributed by atoms with van der Waals surface area (Å²) < 4.78 is 5.24. The zero-order valence-electron chi connectivity index (χ0n) is 11.7. The Morgan fingerprint density at radius 1 is 1.05 bits per heavy atom. The summed E-state index contributed by atoms with van der Waals surface area (Å²) in [7, 11) is 1.56. The number of phenols is 1. The third kappa shape index (κ3) is 2.88. The first kappa shape index (κ1) is 13.9. The summed E-state index contributed by atoms with van der Waals surface area (Å²) in [5.41, 5.74) is 9.43. The number of hydrogen-bond donors (Lipinski definition) is 2. The van der Waals surface area contributed by atoms with Crippen LogP contribution in [0.25, 0.3) is 0 Å². The van der Waals surface area contributed by atoms with E-state index in [0.717, 1.165) is 11.1 Å². The number of nitrogen functional groups attached to an aromatic ring is 1. The van der Waals surface area contributed by atoms with Crippen molar-refractivity contribution < 1.29 is 9.84 Å². The predicted molar refractivity (Wildman–Crippen MR) is 79.2 cm³/mol. The second-order valence-electron chi connectivity index (χ2n) is 4.55. The highest BCUT2D eigenvalue weighted by atomic mass is 16.5. The van der Waals surface area contributed by atoms with Crippen molar-refractivity contribution in [2.75, 3.05) is 12.8 Å². The van der Waals surface area contributed by atoms with E-state index in [1.807, 2.05) is 19.9 Å². The van der Waals surface area contributed by atoms with Gasteiger partial charge in [0, 0.05) is 11.8 Å². The molecule has 0 heterocycles. The second-order valence-corrected chi connectivity index (χ2v) is 4.55. The normalized spacial score (nSPS) is 10.9. The number of aromatic hydroxyl groups is 1. The molecule has 0 aromatic heterocycles. The minimum Gasteiger partial charge on any atom is -0.508 e. The summed E-state index contributed by atoms with van der Waals surface area (Å²) in [5.74, 6) is 0.817. The van der Waals surface area contributed by atoms with Gasteiger partial charge in [0.25, 0.3) is 0 Å². The first-order valence-electron chi connectivity index (χ1n) is 6.16. The Morgan fingerprint density at radius 2 is 1.80 bits per heavy atom. The lowest BCUT2D eigenvalue weighted by Crippen LogP contribution is -1.91. The first-order valence-corrected chi connectivity index (χ1v) is 6.16. The third-order valence-electron chi connectivity index (χ3n) is 3.02. The molecule has 5 heteroatoms. The van der Waals surface area contributed by atoms with Crippen molar-refractivity contribution >= 4 is 17.1 Å². The molecule has 5 nitrogen and oxygen atoms in total. The lowest BCUT2D eigenvalue weighted by Gasteiger charge is -2.07. The van der Waals surface area contributed by atoms with Crippen LogP contribution in [0.4, 0.5) is 17.1 Å². The quantitative estimate of drug-likeness (QED) is 0.653. The first-order chi connectivity index (χ1) is 9.51. The van der Waals surface area contributed by atoms with Crippen LogP contribution >= 0.6 is 0 Å². The maximum atomic E-state index is 9.47. The molecule has 2 rings (SSSR count). The van der Waals surface area contributed by atoms with Crippen molar-refractivity contribution in [2.24, 2.45) is 10.2 Å². The van der Waals surface area contributed by atoms with E-state index in [1.54, 1.807) is 31.4 Å². The van der Waals surface area contributed by atoms with E-state index in [1.165, 1.54) is 0 Å². The molecule has 0 amide bonds. The van der Waals surface area contributed by atoms with Gasteiger partial charge in [-0.2, -0.15) is 5.11 Å². The lowest BCUT2D eigenvalue weighted by atomic mass is 10.1. The molecule has 20 heavy (non-hydrogen) atoms. The Bertz CT molecular complexity index is 666. The second kappa shape index (κ2) is 5.61. The molecule has 2 aromatic rings. The molecule has 0 radical (unpaired) electrons. The van der Waals surface area contributed by atoms with Crippen LogP contribution in [0.3, 0.4) is 0 Å². The Balaban J connectivity index is 2.35. The fraction of sp³-hybridized carbons (Fsp3) is 0.200. The van der Waals surface area contributed by atoms with Crippen molar-refractivity contribution in [2.45, 2.75) is 13.8 Å².